The molecule has 0 unspecified atom stereocenters. The summed E-state index contributed by atoms with van der Waals surface area (Å²) in [5, 5.41) is 2.98. The maximum atomic E-state index is 12.8. The molecule has 0 bridgehead atoms. The smallest absolute Gasteiger partial charge is 0.282 e. The van der Waals surface area contributed by atoms with Crippen molar-refractivity contribution in [1.82, 2.24) is 0 Å². The largest absolute Gasteiger partial charge is 0.297 e. The van der Waals surface area contributed by atoms with Crippen LogP contribution in [0, 0.1) is 0 Å². The third-order valence-electron chi connectivity index (χ3n) is 7.09. The summed E-state index contributed by atoms with van der Waals surface area (Å²) in [5.74, 6) is 0. The second-order valence-corrected chi connectivity index (χ2v) is 14.1. The standard InChI is InChI=1S/C30H23N3O9S3/c34-43(35,36)28-11-5-10-25-24(28)15-16-26(29(25)44(37,38)39)32-33(31-22-14-12-19-6-1-2-8-21(19)18-22)27-17-13-20-7-3-4-9-23(20)30(27)45(40,41)42/h1-18,31-32H,(H,34,35,36)(H,37,38,39)(H,40,41,42). The molecule has 5 N–H and O–H groups in total. The number of hydrogen-bond acceptors (Lipinski definition) is 9. The molecule has 6 rings (SSSR count). The lowest BCUT2D eigenvalue weighted by molar-refractivity contribution is 0.481. The highest BCUT2D eigenvalue weighted by atomic mass is 32.2. The predicted molar refractivity (Wildman–Crippen MR) is 171 cm³/mol. The van der Waals surface area contributed by atoms with Crippen molar-refractivity contribution in [2.45, 2.75) is 14.7 Å². The highest BCUT2D eigenvalue weighted by molar-refractivity contribution is 7.86. The number of hydrazine groups is 2. The molecule has 6 aromatic rings. The van der Waals surface area contributed by atoms with Crippen LogP contribution in [0.15, 0.2) is 124 Å². The average Bonchev–Trinajstić information content (AvgIpc) is 2.98. The van der Waals surface area contributed by atoms with Gasteiger partial charge in [0.05, 0.1) is 11.4 Å². The van der Waals surface area contributed by atoms with Gasteiger partial charge in [0.15, 0.2) is 0 Å². The molecule has 0 atom stereocenters. The van der Waals surface area contributed by atoms with Crippen molar-refractivity contribution in [3.8, 4) is 0 Å². The number of nitrogens with zero attached hydrogens (tertiary/aromatic N) is 1. The Balaban J connectivity index is 1.60. The van der Waals surface area contributed by atoms with E-state index >= 15 is 0 Å². The molecule has 45 heavy (non-hydrogen) atoms. The Kier molecular flexibility index (Phi) is 7.39. The van der Waals surface area contributed by atoms with E-state index in [9.17, 15) is 38.9 Å². The molecule has 15 heteroatoms. The Bertz CT molecular complexity index is 2490. The lowest BCUT2D eigenvalue weighted by Gasteiger charge is -2.30. The van der Waals surface area contributed by atoms with Crippen molar-refractivity contribution in [3.63, 3.8) is 0 Å². The predicted octanol–water partition coefficient (Wildman–Crippen LogP) is 5.75. The monoisotopic (exact) mass is 665 g/mol. The Morgan fingerprint density at radius 2 is 1.11 bits per heavy atom. The number of rotatable bonds is 8. The summed E-state index contributed by atoms with van der Waals surface area (Å²) in [4.78, 5) is -1.86. The molecule has 230 valence electrons. The third-order valence-corrected chi connectivity index (χ3v) is 9.90. The fourth-order valence-electron chi connectivity index (χ4n) is 5.23. The number of benzene rings is 6. The number of nitrogens with one attached hydrogen (secondary N) is 2. The van der Waals surface area contributed by atoms with E-state index in [1.165, 1.54) is 30.3 Å². The van der Waals surface area contributed by atoms with E-state index in [1.807, 2.05) is 24.3 Å². The molecule has 0 aliphatic carbocycles. The molecule has 0 heterocycles. The van der Waals surface area contributed by atoms with Crippen molar-refractivity contribution in [1.29, 1.82) is 0 Å². The molecule has 0 spiro atoms. The van der Waals surface area contributed by atoms with Gasteiger partial charge in [-0.15, -0.1) is 0 Å². The minimum atomic E-state index is -5.09. The zero-order valence-corrected chi connectivity index (χ0v) is 25.3. The second kappa shape index (κ2) is 11.0. The maximum Gasteiger partial charge on any atom is 0.297 e. The molecule has 0 amide bonds. The van der Waals surface area contributed by atoms with Gasteiger partial charge >= 0.3 is 0 Å². The van der Waals surface area contributed by atoms with Crippen LogP contribution in [0.4, 0.5) is 17.1 Å². The topological polar surface area (TPSA) is 190 Å². The van der Waals surface area contributed by atoms with Crippen LogP contribution in [0.3, 0.4) is 0 Å². The zero-order valence-electron chi connectivity index (χ0n) is 22.9. The summed E-state index contributed by atoms with van der Waals surface area (Å²) in [6.07, 6.45) is 0. The van der Waals surface area contributed by atoms with Crippen molar-refractivity contribution < 1.29 is 38.9 Å². The van der Waals surface area contributed by atoms with Crippen LogP contribution in [0.25, 0.3) is 32.3 Å². The van der Waals surface area contributed by atoms with Crippen molar-refractivity contribution in [2.75, 3.05) is 16.0 Å². The van der Waals surface area contributed by atoms with E-state index in [0.717, 1.165) is 28.0 Å². The normalized spacial score (nSPS) is 12.4. The van der Waals surface area contributed by atoms with Crippen LogP contribution in [0.2, 0.25) is 0 Å². The van der Waals surface area contributed by atoms with Crippen molar-refractivity contribution in [3.05, 3.63) is 109 Å². The maximum absolute atomic E-state index is 12.8. The zero-order chi connectivity index (χ0) is 32.1. The van der Waals surface area contributed by atoms with E-state index in [2.05, 4.69) is 10.9 Å². The molecule has 0 fully saturated rings. The van der Waals surface area contributed by atoms with E-state index in [4.69, 9.17) is 0 Å². The summed E-state index contributed by atoms with van der Waals surface area (Å²) in [6.45, 7) is 0. The molecular weight excluding hydrogens is 643 g/mol. The molecule has 0 aliphatic heterocycles. The lowest BCUT2D eigenvalue weighted by Crippen LogP contribution is -2.37. The first-order valence-electron chi connectivity index (χ1n) is 13.0. The summed E-state index contributed by atoms with van der Waals surface area (Å²) in [7, 11) is -14.8. The fourth-order valence-corrected chi connectivity index (χ4v) is 7.67. The van der Waals surface area contributed by atoms with E-state index in [1.54, 1.807) is 42.5 Å². The van der Waals surface area contributed by atoms with Gasteiger partial charge in [-0.25, -0.2) is 0 Å². The van der Waals surface area contributed by atoms with Gasteiger partial charge in [-0.05, 0) is 46.5 Å². The van der Waals surface area contributed by atoms with Gasteiger partial charge in [-0.2, -0.15) is 30.4 Å². The Morgan fingerprint density at radius 3 is 1.80 bits per heavy atom. The summed E-state index contributed by atoms with van der Waals surface area (Å²) < 4.78 is 106. The first kappa shape index (κ1) is 30.3. The van der Waals surface area contributed by atoms with E-state index < -0.39 is 45.0 Å². The highest BCUT2D eigenvalue weighted by Crippen LogP contribution is 2.37. The SMILES string of the molecule is O=S(=O)(O)c1c(N(Nc2ccc3ccccc3c2)Nc2ccc3c(S(=O)(=O)O)cccc3c2S(=O)(=O)O)ccc2ccccc12. The Hall–Kier alpha value is -4.77. The van der Waals surface area contributed by atoms with Crippen LogP contribution in [0.1, 0.15) is 0 Å². The van der Waals surface area contributed by atoms with Gasteiger partial charge in [-0.3, -0.25) is 24.5 Å². The second-order valence-electron chi connectivity index (χ2n) is 9.97. The molecular formula is C30H23N3O9S3. The van der Waals surface area contributed by atoms with Crippen molar-refractivity contribution in [2.24, 2.45) is 0 Å². The Morgan fingerprint density at radius 1 is 0.489 bits per heavy atom. The van der Waals surface area contributed by atoms with Crippen molar-refractivity contribution >= 4 is 79.7 Å². The molecule has 0 radical (unpaired) electrons. The summed E-state index contributed by atoms with van der Waals surface area (Å²) in [5.41, 5.74) is 5.75. The van der Waals surface area contributed by atoms with Crippen LogP contribution < -0.4 is 16.0 Å². The molecule has 12 nitrogen and oxygen atoms in total. The third kappa shape index (κ3) is 5.87. The number of fused-ring (bicyclic) bond motifs is 3. The molecule has 0 saturated heterocycles. The van der Waals surface area contributed by atoms with Crippen LogP contribution in [0.5, 0.6) is 0 Å². The average molecular weight is 666 g/mol. The summed E-state index contributed by atoms with van der Waals surface area (Å²) in [6, 6.07) is 27.9. The van der Waals surface area contributed by atoms with Gasteiger partial charge in [0.1, 0.15) is 20.4 Å². The fraction of sp³-hybridized carbons (Fsp3) is 0. The first-order chi connectivity index (χ1) is 21.2. The van der Waals surface area contributed by atoms with Gasteiger partial charge < -0.3 is 0 Å². The first-order valence-corrected chi connectivity index (χ1v) is 17.4. The lowest BCUT2D eigenvalue weighted by atomic mass is 10.1. The van der Waals surface area contributed by atoms with Gasteiger partial charge in [0.25, 0.3) is 30.4 Å². The molecule has 6 aromatic carbocycles. The van der Waals surface area contributed by atoms with Crippen LogP contribution >= 0.6 is 0 Å². The van der Waals surface area contributed by atoms with Crippen LogP contribution in [-0.4, -0.2) is 38.9 Å². The number of hydrogen-bond donors (Lipinski definition) is 5. The van der Waals surface area contributed by atoms with Gasteiger partial charge in [0, 0.05) is 16.2 Å². The molecule has 0 aromatic heterocycles. The molecule has 0 aliphatic rings. The quantitative estimate of drug-likeness (QED) is 0.0979. The van der Waals surface area contributed by atoms with Gasteiger partial charge in [0.2, 0.25) is 0 Å². The van der Waals surface area contributed by atoms with Crippen LogP contribution in [-0.2, 0) is 30.4 Å². The van der Waals surface area contributed by atoms with E-state index in [-0.39, 0.29) is 27.5 Å². The van der Waals surface area contributed by atoms with Gasteiger partial charge in [-0.1, -0.05) is 78.9 Å². The Labute approximate surface area is 257 Å². The minimum Gasteiger partial charge on any atom is -0.282 e. The molecule has 0 saturated carbocycles. The summed E-state index contributed by atoms with van der Waals surface area (Å²) >= 11 is 0. The van der Waals surface area contributed by atoms with E-state index in [0.29, 0.717) is 11.1 Å². The number of anilines is 3. The minimum absolute atomic E-state index is 0.155. The highest BCUT2D eigenvalue weighted by Gasteiger charge is 2.28.